The fourth-order valence-corrected chi connectivity index (χ4v) is 2.08. The lowest BCUT2D eigenvalue weighted by atomic mass is 10.1. The van der Waals surface area contributed by atoms with E-state index in [0.717, 1.165) is 6.54 Å². The summed E-state index contributed by atoms with van der Waals surface area (Å²) in [5.41, 5.74) is 1.25. The summed E-state index contributed by atoms with van der Waals surface area (Å²) in [5, 5.41) is 3.24. The van der Waals surface area contributed by atoms with Gasteiger partial charge in [0.15, 0.2) is 0 Å². The van der Waals surface area contributed by atoms with Crippen molar-refractivity contribution in [2.75, 3.05) is 31.7 Å². The average molecular weight is 266 g/mol. The minimum atomic E-state index is -0.257. The lowest BCUT2D eigenvalue weighted by molar-refractivity contribution is -0.119. The first-order valence-electron chi connectivity index (χ1n) is 6.42. The number of amides is 1. The predicted molar refractivity (Wildman–Crippen MR) is 71.8 cm³/mol. The van der Waals surface area contributed by atoms with Crippen LogP contribution in [0.5, 0.6) is 0 Å². The van der Waals surface area contributed by atoms with Gasteiger partial charge in [-0.2, -0.15) is 0 Å². The highest BCUT2D eigenvalue weighted by molar-refractivity contribution is 5.93. The molecule has 19 heavy (non-hydrogen) atoms. The number of hydrogen-bond acceptors (Lipinski definition) is 3. The highest BCUT2D eigenvalue weighted by atomic mass is 19.1. The third-order valence-corrected chi connectivity index (χ3v) is 3.32. The summed E-state index contributed by atoms with van der Waals surface area (Å²) < 4.78 is 18.5. The quantitative estimate of drug-likeness (QED) is 0.901. The Bertz CT molecular complexity index is 459. The Morgan fingerprint density at radius 3 is 3.00 bits per heavy atom. The third-order valence-electron chi connectivity index (χ3n) is 3.32. The van der Waals surface area contributed by atoms with Crippen LogP contribution in [0.15, 0.2) is 18.2 Å². The highest BCUT2D eigenvalue weighted by Crippen LogP contribution is 2.18. The van der Waals surface area contributed by atoms with Crippen LogP contribution in [0.4, 0.5) is 10.1 Å². The second-order valence-corrected chi connectivity index (χ2v) is 4.82. The Balaban J connectivity index is 1.99. The van der Waals surface area contributed by atoms with Crippen LogP contribution in [0.25, 0.3) is 0 Å². The molecule has 104 valence electrons. The number of nitrogens with zero attached hydrogens (tertiary/aromatic N) is 1. The van der Waals surface area contributed by atoms with Gasteiger partial charge in [-0.1, -0.05) is 0 Å². The minimum Gasteiger partial charge on any atom is -0.378 e. The molecule has 0 bridgehead atoms. The van der Waals surface area contributed by atoms with E-state index in [-0.39, 0.29) is 17.8 Å². The molecule has 0 aliphatic carbocycles. The molecule has 0 saturated carbocycles. The van der Waals surface area contributed by atoms with Gasteiger partial charge in [0.25, 0.3) is 0 Å². The summed E-state index contributed by atoms with van der Waals surface area (Å²) in [6.45, 7) is 3.71. The van der Waals surface area contributed by atoms with Gasteiger partial charge in [0.2, 0.25) is 5.91 Å². The average Bonchev–Trinajstić information content (AvgIpc) is 2.42. The number of nitrogens with one attached hydrogen (secondary N) is 1. The SMILES string of the molecule is Cc1cc(N(C)C(=O)CC2COCCN2)ccc1F. The Kier molecular flexibility index (Phi) is 4.50. The van der Waals surface area contributed by atoms with E-state index in [1.165, 1.54) is 6.07 Å². The Morgan fingerprint density at radius 1 is 1.58 bits per heavy atom. The zero-order valence-corrected chi connectivity index (χ0v) is 11.3. The molecule has 4 nitrogen and oxygen atoms in total. The smallest absolute Gasteiger partial charge is 0.228 e. The van der Waals surface area contributed by atoms with Gasteiger partial charge in [0.1, 0.15) is 5.82 Å². The summed E-state index contributed by atoms with van der Waals surface area (Å²) in [4.78, 5) is 13.7. The van der Waals surface area contributed by atoms with E-state index in [0.29, 0.717) is 30.9 Å². The van der Waals surface area contributed by atoms with Gasteiger partial charge in [-0.05, 0) is 30.7 Å². The van der Waals surface area contributed by atoms with Crippen LogP contribution in [0.2, 0.25) is 0 Å². The molecule has 1 heterocycles. The molecule has 1 fully saturated rings. The number of carbonyl (C=O) groups is 1. The van der Waals surface area contributed by atoms with E-state index in [4.69, 9.17) is 4.74 Å². The van der Waals surface area contributed by atoms with Crippen molar-refractivity contribution in [2.24, 2.45) is 0 Å². The molecule has 0 aromatic heterocycles. The first-order valence-corrected chi connectivity index (χ1v) is 6.42. The number of ether oxygens (including phenoxy) is 1. The molecular weight excluding hydrogens is 247 g/mol. The molecule has 1 aromatic carbocycles. The van der Waals surface area contributed by atoms with Crippen molar-refractivity contribution in [1.29, 1.82) is 0 Å². The van der Waals surface area contributed by atoms with Crippen molar-refractivity contribution in [1.82, 2.24) is 5.32 Å². The van der Waals surface area contributed by atoms with Gasteiger partial charge in [0.05, 0.1) is 13.2 Å². The fourth-order valence-electron chi connectivity index (χ4n) is 2.08. The number of halogens is 1. The fraction of sp³-hybridized carbons (Fsp3) is 0.500. The lowest BCUT2D eigenvalue weighted by Gasteiger charge is -2.26. The molecule has 1 amide bonds. The maximum Gasteiger partial charge on any atom is 0.228 e. The van der Waals surface area contributed by atoms with Gasteiger partial charge in [-0.25, -0.2) is 4.39 Å². The number of rotatable bonds is 3. The van der Waals surface area contributed by atoms with Gasteiger partial charge in [0, 0.05) is 31.7 Å². The van der Waals surface area contributed by atoms with Crippen molar-refractivity contribution in [3.63, 3.8) is 0 Å². The largest absolute Gasteiger partial charge is 0.378 e. The molecule has 1 atom stereocenters. The first kappa shape index (κ1) is 14.0. The Labute approximate surface area is 112 Å². The summed E-state index contributed by atoms with van der Waals surface area (Å²) >= 11 is 0. The molecule has 1 saturated heterocycles. The van der Waals surface area contributed by atoms with E-state index in [1.54, 1.807) is 31.0 Å². The molecule has 1 aliphatic heterocycles. The van der Waals surface area contributed by atoms with E-state index in [9.17, 15) is 9.18 Å². The number of carbonyl (C=O) groups excluding carboxylic acids is 1. The topological polar surface area (TPSA) is 41.6 Å². The van der Waals surface area contributed by atoms with Crippen molar-refractivity contribution in [3.05, 3.63) is 29.6 Å². The standard InChI is InChI=1S/C14H19FN2O2/c1-10-7-12(3-4-13(10)15)17(2)14(18)8-11-9-19-6-5-16-11/h3-4,7,11,16H,5-6,8-9H2,1-2H3. The minimum absolute atomic E-state index is 0.00555. The van der Waals surface area contributed by atoms with Crippen LogP contribution in [-0.2, 0) is 9.53 Å². The van der Waals surface area contributed by atoms with Gasteiger partial charge >= 0.3 is 0 Å². The molecule has 5 heteroatoms. The number of anilines is 1. The highest BCUT2D eigenvalue weighted by Gasteiger charge is 2.20. The van der Waals surface area contributed by atoms with Crippen LogP contribution in [0.3, 0.4) is 0 Å². The summed E-state index contributed by atoms with van der Waals surface area (Å²) in [7, 11) is 1.71. The normalized spacial score (nSPS) is 19.2. The maximum absolute atomic E-state index is 13.2. The Hall–Kier alpha value is -1.46. The number of morpholine rings is 1. The molecule has 1 N–H and O–H groups in total. The zero-order valence-electron chi connectivity index (χ0n) is 11.3. The van der Waals surface area contributed by atoms with E-state index in [1.807, 2.05) is 0 Å². The summed E-state index contributed by atoms with van der Waals surface area (Å²) in [5.74, 6) is -0.263. The number of aryl methyl sites for hydroxylation is 1. The zero-order chi connectivity index (χ0) is 13.8. The molecule has 1 aliphatic rings. The van der Waals surface area contributed by atoms with Crippen molar-refractivity contribution < 1.29 is 13.9 Å². The number of benzene rings is 1. The van der Waals surface area contributed by atoms with Crippen LogP contribution < -0.4 is 10.2 Å². The van der Waals surface area contributed by atoms with Crippen LogP contribution >= 0.6 is 0 Å². The molecule has 1 aromatic rings. The maximum atomic E-state index is 13.2. The predicted octanol–water partition coefficient (Wildman–Crippen LogP) is 1.48. The van der Waals surface area contributed by atoms with E-state index in [2.05, 4.69) is 5.32 Å². The molecule has 1 unspecified atom stereocenters. The van der Waals surface area contributed by atoms with Crippen molar-refractivity contribution in [2.45, 2.75) is 19.4 Å². The number of hydrogen-bond donors (Lipinski definition) is 1. The molecule has 0 spiro atoms. The first-order chi connectivity index (χ1) is 9.08. The second-order valence-electron chi connectivity index (χ2n) is 4.82. The Morgan fingerprint density at radius 2 is 2.37 bits per heavy atom. The summed E-state index contributed by atoms with van der Waals surface area (Å²) in [6.07, 6.45) is 0.382. The third kappa shape index (κ3) is 3.52. The molecule has 2 rings (SSSR count). The van der Waals surface area contributed by atoms with Crippen LogP contribution in [-0.4, -0.2) is 38.8 Å². The summed E-state index contributed by atoms with van der Waals surface area (Å²) in [6, 6.07) is 4.74. The van der Waals surface area contributed by atoms with Crippen LogP contribution in [0, 0.1) is 12.7 Å². The lowest BCUT2D eigenvalue weighted by Crippen LogP contribution is -2.44. The van der Waals surface area contributed by atoms with Gasteiger partial charge in [-0.3, -0.25) is 4.79 Å². The second kappa shape index (κ2) is 6.12. The van der Waals surface area contributed by atoms with Crippen LogP contribution in [0.1, 0.15) is 12.0 Å². The molecular formula is C14H19FN2O2. The van der Waals surface area contributed by atoms with Crippen molar-refractivity contribution >= 4 is 11.6 Å². The molecule has 0 radical (unpaired) electrons. The van der Waals surface area contributed by atoms with Gasteiger partial charge in [-0.15, -0.1) is 0 Å². The van der Waals surface area contributed by atoms with E-state index >= 15 is 0 Å². The monoisotopic (exact) mass is 266 g/mol. The van der Waals surface area contributed by atoms with E-state index < -0.39 is 0 Å². The van der Waals surface area contributed by atoms with Crippen molar-refractivity contribution in [3.8, 4) is 0 Å². The van der Waals surface area contributed by atoms with Gasteiger partial charge < -0.3 is 15.0 Å².